The minimum Gasteiger partial charge on any atom is -0.424 e. The third-order valence-corrected chi connectivity index (χ3v) is 6.35. The Bertz CT molecular complexity index is 818. The highest BCUT2D eigenvalue weighted by Gasteiger charge is 2.33. The summed E-state index contributed by atoms with van der Waals surface area (Å²) in [6, 6.07) is 4.77. The van der Waals surface area contributed by atoms with E-state index in [4.69, 9.17) is 4.42 Å². The van der Waals surface area contributed by atoms with Crippen molar-refractivity contribution in [3.8, 4) is 0 Å². The van der Waals surface area contributed by atoms with Crippen molar-refractivity contribution in [3.05, 3.63) is 41.9 Å². The standard InChI is InChI=1S/C22H32N6O2/c1-17-24-25-21(30-17)16-26(2)22(29)19-4-3-11-28(15-19)20-7-12-27(13-8-20)14-18-5-9-23-10-6-18/h5-6,9-10,19-20H,3-4,7-8,11-16H2,1-2H3/t19-/m0/s1. The summed E-state index contributed by atoms with van der Waals surface area (Å²) in [7, 11) is 1.83. The molecule has 0 spiro atoms. The third-order valence-electron chi connectivity index (χ3n) is 6.35. The highest BCUT2D eigenvalue weighted by atomic mass is 16.4. The van der Waals surface area contributed by atoms with Gasteiger partial charge in [0.2, 0.25) is 17.7 Å². The molecule has 2 aliphatic rings. The van der Waals surface area contributed by atoms with Crippen LogP contribution >= 0.6 is 0 Å². The van der Waals surface area contributed by atoms with Gasteiger partial charge < -0.3 is 9.32 Å². The fourth-order valence-electron chi connectivity index (χ4n) is 4.72. The zero-order valence-corrected chi connectivity index (χ0v) is 18.0. The van der Waals surface area contributed by atoms with Crippen molar-refractivity contribution in [3.63, 3.8) is 0 Å². The van der Waals surface area contributed by atoms with Gasteiger partial charge in [-0.1, -0.05) is 0 Å². The molecule has 0 aliphatic carbocycles. The lowest BCUT2D eigenvalue weighted by Crippen LogP contribution is -2.50. The predicted molar refractivity (Wildman–Crippen MR) is 112 cm³/mol. The Kier molecular flexibility index (Phi) is 6.74. The van der Waals surface area contributed by atoms with Crippen molar-refractivity contribution in [1.82, 2.24) is 29.9 Å². The molecule has 2 aliphatic heterocycles. The lowest BCUT2D eigenvalue weighted by molar-refractivity contribution is -0.137. The number of carbonyl (C=O) groups is 1. The molecule has 2 aromatic rings. The molecular weight excluding hydrogens is 380 g/mol. The van der Waals surface area contributed by atoms with Crippen LogP contribution in [0.5, 0.6) is 0 Å². The lowest BCUT2D eigenvalue weighted by Gasteiger charge is -2.42. The largest absolute Gasteiger partial charge is 0.424 e. The zero-order chi connectivity index (χ0) is 20.9. The molecule has 0 bridgehead atoms. The summed E-state index contributed by atoms with van der Waals surface area (Å²) in [6.07, 6.45) is 8.12. The van der Waals surface area contributed by atoms with Crippen LogP contribution in [0.2, 0.25) is 0 Å². The van der Waals surface area contributed by atoms with Gasteiger partial charge in [-0.25, -0.2) is 0 Å². The van der Waals surface area contributed by atoms with Crippen LogP contribution in [0.15, 0.2) is 28.9 Å². The van der Waals surface area contributed by atoms with Crippen LogP contribution in [-0.2, 0) is 17.9 Å². The Morgan fingerprint density at radius 1 is 1.17 bits per heavy atom. The van der Waals surface area contributed by atoms with E-state index in [1.54, 1.807) is 11.8 Å². The van der Waals surface area contributed by atoms with E-state index in [2.05, 4.69) is 37.1 Å². The fourth-order valence-corrected chi connectivity index (χ4v) is 4.72. The van der Waals surface area contributed by atoms with Crippen molar-refractivity contribution >= 4 is 5.91 Å². The van der Waals surface area contributed by atoms with Crippen LogP contribution in [0.25, 0.3) is 0 Å². The van der Waals surface area contributed by atoms with Crippen LogP contribution in [0.3, 0.4) is 0 Å². The normalized spacial score (nSPS) is 21.6. The van der Waals surface area contributed by atoms with Gasteiger partial charge in [-0.3, -0.25) is 19.6 Å². The molecule has 1 atom stereocenters. The van der Waals surface area contributed by atoms with Gasteiger partial charge in [-0.2, -0.15) is 0 Å². The number of nitrogens with zero attached hydrogens (tertiary/aromatic N) is 6. The average Bonchev–Trinajstić information content (AvgIpc) is 3.19. The molecule has 2 aromatic heterocycles. The van der Waals surface area contributed by atoms with E-state index in [0.29, 0.717) is 24.4 Å². The number of carbonyl (C=O) groups excluding carboxylic acids is 1. The number of likely N-dealkylation sites (tertiary alicyclic amines) is 2. The van der Waals surface area contributed by atoms with E-state index in [-0.39, 0.29) is 11.8 Å². The first-order valence-corrected chi connectivity index (χ1v) is 11.0. The predicted octanol–water partition coefficient (Wildman–Crippen LogP) is 2.11. The van der Waals surface area contributed by atoms with Gasteiger partial charge in [0.1, 0.15) is 0 Å². The van der Waals surface area contributed by atoms with E-state index in [0.717, 1.165) is 45.6 Å². The second kappa shape index (κ2) is 9.66. The van der Waals surface area contributed by atoms with Crippen LogP contribution in [0, 0.1) is 12.8 Å². The van der Waals surface area contributed by atoms with Gasteiger partial charge in [0.25, 0.3) is 0 Å². The molecule has 0 aromatic carbocycles. The van der Waals surface area contributed by atoms with Crippen LogP contribution in [0.4, 0.5) is 0 Å². The van der Waals surface area contributed by atoms with Gasteiger partial charge in [-0.05, 0) is 63.0 Å². The van der Waals surface area contributed by atoms with Gasteiger partial charge >= 0.3 is 0 Å². The molecule has 4 rings (SSSR count). The zero-order valence-electron chi connectivity index (χ0n) is 18.0. The summed E-state index contributed by atoms with van der Waals surface area (Å²) in [5.41, 5.74) is 1.33. The van der Waals surface area contributed by atoms with Gasteiger partial charge in [0.05, 0.1) is 12.5 Å². The summed E-state index contributed by atoms with van der Waals surface area (Å²) >= 11 is 0. The molecular formula is C22H32N6O2. The second-order valence-electron chi connectivity index (χ2n) is 8.61. The van der Waals surface area contributed by atoms with Gasteiger partial charge in [-0.15, -0.1) is 10.2 Å². The third kappa shape index (κ3) is 5.23. The summed E-state index contributed by atoms with van der Waals surface area (Å²) in [5, 5.41) is 7.86. The van der Waals surface area contributed by atoms with E-state index >= 15 is 0 Å². The Balaban J connectivity index is 1.26. The van der Waals surface area contributed by atoms with E-state index in [9.17, 15) is 4.79 Å². The van der Waals surface area contributed by atoms with Gasteiger partial charge in [0, 0.05) is 45.5 Å². The van der Waals surface area contributed by atoms with Crippen molar-refractivity contribution < 1.29 is 9.21 Å². The minimum atomic E-state index is 0.0580. The number of rotatable bonds is 6. The Labute approximate surface area is 178 Å². The number of hydrogen-bond donors (Lipinski definition) is 0. The van der Waals surface area contributed by atoms with Crippen LogP contribution in [-0.4, -0.2) is 75.1 Å². The molecule has 8 nitrogen and oxygen atoms in total. The smallest absolute Gasteiger partial charge is 0.235 e. The maximum atomic E-state index is 13.0. The molecule has 2 fully saturated rings. The van der Waals surface area contributed by atoms with E-state index in [1.165, 1.54) is 18.4 Å². The maximum absolute atomic E-state index is 13.0. The molecule has 0 saturated carbocycles. The van der Waals surface area contributed by atoms with Crippen molar-refractivity contribution in [2.75, 3.05) is 33.2 Å². The number of hydrogen-bond acceptors (Lipinski definition) is 7. The molecule has 30 heavy (non-hydrogen) atoms. The van der Waals surface area contributed by atoms with E-state index < -0.39 is 0 Å². The van der Waals surface area contributed by atoms with Gasteiger partial charge in [0.15, 0.2) is 0 Å². The molecule has 4 heterocycles. The highest BCUT2D eigenvalue weighted by molar-refractivity contribution is 5.78. The Morgan fingerprint density at radius 2 is 1.93 bits per heavy atom. The SMILES string of the molecule is Cc1nnc(CN(C)C(=O)[C@H]2CCCN(C3CCN(Cc4ccncc4)CC3)C2)o1. The minimum absolute atomic E-state index is 0.0580. The Morgan fingerprint density at radius 3 is 2.63 bits per heavy atom. The monoisotopic (exact) mass is 412 g/mol. The van der Waals surface area contributed by atoms with Crippen molar-refractivity contribution in [2.45, 2.75) is 51.7 Å². The number of aromatic nitrogens is 3. The Hall–Kier alpha value is -2.32. The first-order valence-electron chi connectivity index (χ1n) is 11.0. The highest BCUT2D eigenvalue weighted by Crippen LogP contribution is 2.25. The number of piperidine rings is 2. The fraction of sp³-hybridized carbons (Fsp3) is 0.636. The number of amides is 1. The molecule has 162 valence electrons. The van der Waals surface area contributed by atoms with Crippen LogP contribution < -0.4 is 0 Å². The summed E-state index contributed by atoms with van der Waals surface area (Å²) < 4.78 is 5.43. The summed E-state index contributed by atoms with van der Waals surface area (Å²) in [4.78, 5) is 23.9. The average molecular weight is 413 g/mol. The molecule has 0 N–H and O–H groups in total. The van der Waals surface area contributed by atoms with Crippen molar-refractivity contribution in [1.29, 1.82) is 0 Å². The molecule has 8 heteroatoms. The van der Waals surface area contributed by atoms with Crippen molar-refractivity contribution in [2.24, 2.45) is 5.92 Å². The molecule has 2 saturated heterocycles. The molecule has 0 unspecified atom stereocenters. The lowest BCUT2D eigenvalue weighted by atomic mass is 9.93. The quantitative estimate of drug-likeness (QED) is 0.719. The molecule has 0 radical (unpaired) electrons. The summed E-state index contributed by atoms with van der Waals surface area (Å²) in [5.74, 6) is 1.27. The number of pyridine rings is 1. The first-order chi connectivity index (χ1) is 14.6. The van der Waals surface area contributed by atoms with E-state index in [1.807, 2.05) is 19.4 Å². The van der Waals surface area contributed by atoms with Crippen LogP contribution in [0.1, 0.15) is 43.0 Å². The molecule has 1 amide bonds. The summed E-state index contributed by atoms with van der Waals surface area (Å²) in [6.45, 7) is 7.32. The second-order valence-corrected chi connectivity index (χ2v) is 8.61. The maximum Gasteiger partial charge on any atom is 0.235 e. The topological polar surface area (TPSA) is 78.6 Å². The number of aryl methyl sites for hydroxylation is 1. The first kappa shape index (κ1) is 20.9.